The topological polar surface area (TPSA) is 62.3 Å². The maximum Gasteiger partial charge on any atom is 0.309 e. The Balaban J connectivity index is 2.07. The molecule has 1 aromatic carbocycles. The summed E-state index contributed by atoms with van der Waals surface area (Å²) in [5, 5.41) is 9.75. The van der Waals surface area contributed by atoms with E-state index in [1.807, 2.05) is 37.4 Å². The smallest absolute Gasteiger partial charge is 0.309 e. The van der Waals surface area contributed by atoms with Crippen LogP contribution in [-0.2, 0) is 16.0 Å². The number of aliphatic hydroxyl groups is 1. The monoisotopic (exact) mass is 247 g/mol. The van der Waals surface area contributed by atoms with Crippen LogP contribution in [0.5, 0.6) is 0 Å². The third kappa shape index (κ3) is 2.71. The fourth-order valence-electron chi connectivity index (χ4n) is 2.00. The first kappa shape index (κ1) is 12.6. The highest BCUT2D eigenvalue weighted by Crippen LogP contribution is 2.21. The van der Waals surface area contributed by atoms with Crippen molar-refractivity contribution in [1.29, 1.82) is 0 Å². The molecule has 96 valence electrons. The van der Waals surface area contributed by atoms with Crippen molar-refractivity contribution >= 4 is 16.9 Å². The van der Waals surface area contributed by atoms with Gasteiger partial charge in [0.15, 0.2) is 0 Å². The van der Waals surface area contributed by atoms with Gasteiger partial charge in [0.1, 0.15) is 6.61 Å². The number of H-pyrrole nitrogens is 1. The number of rotatable bonds is 5. The molecule has 1 heterocycles. The first-order valence-electron chi connectivity index (χ1n) is 6.05. The number of carbonyl (C=O) groups excluding carboxylic acids is 1. The molecule has 18 heavy (non-hydrogen) atoms. The maximum atomic E-state index is 11.6. The van der Waals surface area contributed by atoms with Gasteiger partial charge in [-0.2, -0.15) is 0 Å². The van der Waals surface area contributed by atoms with Crippen LogP contribution < -0.4 is 0 Å². The Morgan fingerprint density at radius 2 is 2.22 bits per heavy atom. The number of hydrogen-bond donors (Lipinski definition) is 2. The SMILES string of the molecule is CC(Cc1c[nH]c2ccccc12)C(=O)OCCO. The number of carbonyl (C=O) groups is 1. The second-order valence-electron chi connectivity index (χ2n) is 4.36. The molecule has 0 aliphatic carbocycles. The minimum absolute atomic E-state index is 0.0665. The zero-order valence-electron chi connectivity index (χ0n) is 10.3. The highest BCUT2D eigenvalue weighted by molar-refractivity contribution is 5.84. The van der Waals surface area contributed by atoms with Crippen molar-refractivity contribution in [3.05, 3.63) is 36.0 Å². The quantitative estimate of drug-likeness (QED) is 0.793. The van der Waals surface area contributed by atoms with Crippen LogP contribution in [0.4, 0.5) is 0 Å². The van der Waals surface area contributed by atoms with Gasteiger partial charge in [-0.25, -0.2) is 0 Å². The van der Waals surface area contributed by atoms with Crippen molar-refractivity contribution in [3.63, 3.8) is 0 Å². The van der Waals surface area contributed by atoms with Gasteiger partial charge in [0.2, 0.25) is 0 Å². The molecule has 1 unspecified atom stereocenters. The maximum absolute atomic E-state index is 11.6. The number of esters is 1. The molecule has 0 aliphatic heterocycles. The summed E-state index contributed by atoms with van der Waals surface area (Å²) in [6.45, 7) is 1.77. The second kappa shape index (κ2) is 5.69. The van der Waals surface area contributed by atoms with Gasteiger partial charge in [-0.1, -0.05) is 25.1 Å². The summed E-state index contributed by atoms with van der Waals surface area (Å²) in [6, 6.07) is 8.00. The van der Waals surface area contributed by atoms with Gasteiger partial charge in [-0.05, 0) is 18.1 Å². The number of nitrogens with one attached hydrogen (secondary N) is 1. The largest absolute Gasteiger partial charge is 0.463 e. The lowest BCUT2D eigenvalue weighted by Crippen LogP contribution is -2.18. The predicted molar refractivity (Wildman–Crippen MR) is 69.2 cm³/mol. The van der Waals surface area contributed by atoms with Crippen LogP contribution in [0.25, 0.3) is 10.9 Å². The van der Waals surface area contributed by atoms with Crippen molar-refractivity contribution in [2.75, 3.05) is 13.2 Å². The zero-order chi connectivity index (χ0) is 13.0. The third-order valence-corrected chi connectivity index (χ3v) is 2.94. The fraction of sp³-hybridized carbons (Fsp3) is 0.357. The van der Waals surface area contributed by atoms with Gasteiger partial charge in [0.25, 0.3) is 0 Å². The number of fused-ring (bicyclic) bond motifs is 1. The van der Waals surface area contributed by atoms with Crippen LogP contribution in [-0.4, -0.2) is 29.3 Å². The minimum atomic E-state index is -0.269. The fourth-order valence-corrected chi connectivity index (χ4v) is 2.00. The van der Waals surface area contributed by atoms with E-state index < -0.39 is 0 Å². The standard InChI is InChI=1S/C14H17NO3/c1-10(14(17)18-7-6-16)8-11-9-15-13-5-3-2-4-12(11)13/h2-5,9-10,15-16H,6-8H2,1H3. The van der Waals surface area contributed by atoms with E-state index in [0.717, 1.165) is 16.5 Å². The van der Waals surface area contributed by atoms with Crippen LogP contribution >= 0.6 is 0 Å². The summed E-state index contributed by atoms with van der Waals surface area (Å²) in [7, 11) is 0. The molecule has 2 rings (SSSR count). The van der Waals surface area contributed by atoms with Gasteiger partial charge in [-0.3, -0.25) is 4.79 Å². The summed E-state index contributed by atoms with van der Waals surface area (Å²) < 4.78 is 4.91. The molecule has 2 N–H and O–H groups in total. The molecule has 0 bridgehead atoms. The predicted octanol–water partition coefficient (Wildman–Crippen LogP) is 1.88. The van der Waals surface area contributed by atoms with Crippen molar-refractivity contribution in [2.45, 2.75) is 13.3 Å². The van der Waals surface area contributed by atoms with E-state index in [1.54, 1.807) is 0 Å². The van der Waals surface area contributed by atoms with E-state index in [9.17, 15) is 4.79 Å². The number of aliphatic hydroxyl groups excluding tert-OH is 1. The normalized spacial score (nSPS) is 12.6. The minimum Gasteiger partial charge on any atom is -0.463 e. The number of ether oxygens (including phenoxy) is 1. The van der Waals surface area contributed by atoms with Crippen molar-refractivity contribution < 1.29 is 14.6 Å². The van der Waals surface area contributed by atoms with E-state index in [-0.39, 0.29) is 25.1 Å². The average Bonchev–Trinajstić information content (AvgIpc) is 2.79. The molecular weight excluding hydrogens is 230 g/mol. The molecule has 0 saturated carbocycles. The average molecular weight is 247 g/mol. The summed E-state index contributed by atoms with van der Waals surface area (Å²) in [5.41, 5.74) is 2.18. The van der Waals surface area contributed by atoms with E-state index in [4.69, 9.17) is 9.84 Å². The third-order valence-electron chi connectivity index (χ3n) is 2.94. The van der Waals surface area contributed by atoms with Crippen molar-refractivity contribution in [3.8, 4) is 0 Å². The zero-order valence-corrected chi connectivity index (χ0v) is 10.3. The van der Waals surface area contributed by atoms with Gasteiger partial charge < -0.3 is 14.8 Å². The molecule has 4 heteroatoms. The van der Waals surface area contributed by atoms with Crippen molar-refractivity contribution in [2.24, 2.45) is 5.92 Å². The highest BCUT2D eigenvalue weighted by Gasteiger charge is 2.16. The van der Waals surface area contributed by atoms with Gasteiger partial charge in [0, 0.05) is 17.1 Å². The molecule has 2 aromatic rings. The van der Waals surface area contributed by atoms with Gasteiger partial charge in [-0.15, -0.1) is 0 Å². The summed E-state index contributed by atoms with van der Waals surface area (Å²) in [5.74, 6) is -0.481. The highest BCUT2D eigenvalue weighted by atomic mass is 16.5. The molecule has 0 amide bonds. The Hall–Kier alpha value is -1.81. The molecule has 0 spiro atoms. The lowest BCUT2D eigenvalue weighted by atomic mass is 10.0. The van der Waals surface area contributed by atoms with Crippen LogP contribution in [0.15, 0.2) is 30.5 Å². The molecule has 4 nitrogen and oxygen atoms in total. The molecular formula is C14H17NO3. The summed E-state index contributed by atoms with van der Waals surface area (Å²) in [4.78, 5) is 14.8. The van der Waals surface area contributed by atoms with E-state index in [0.29, 0.717) is 6.42 Å². The van der Waals surface area contributed by atoms with E-state index in [2.05, 4.69) is 4.98 Å². The molecule has 0 fully saturated rings. The Morgan fingerprint density at radius 3 is 3.00 bits per heavy atom. The van der Waals surface area contributed by atoms with Gasteiger partial charge in [0.05, 0.1) is 12.5 Å². The number of aromatic amines is 1. The van der Waals surface area contributed by atoms with E-state index in [1.165, 1.54) is 0 Å². The molecule has 1 aromatic heterocycles. The molecule has 1 atom stereocenters. The first-order valence-corrected chi connectivity index (χ1v) is 6.05. The number of hydrogen-bond acceptors (Lipinski definition) is 3. The molecule has 0 saturated heterocycles. The Bertz CT molecular complexity index is 533. The lowest BCUT2D eigenvalue weighted by Gasteiger charge is -2.10. The molecule has 0 radical (unpaired) electrons. The van der Waals surface area contributed by atoms with Crippen LogP contribution in [0, 0.1) is 5.92 Å². The van der Waals surface area contributed by atoms with Crippen molar-refractivity contribution in [1.82, 2.24) is 4.98 Å². The lowest BCUT2D eigenvalue weighted by molar-refractivity contribution is -0.148. The van der Waals surface area contributed by atoms with E-state index >= 15 is 0 Å². The van der Waals surface area contributed by atoms with Crippen LogP contribution in [0.1, 0.15) is 12.5 Å². The summed E-state index contributed by atoms with van der Waals surface area (Å²) in [6.07, 6.45) is 2.56. The Kier molecular flexibility index (Phi) is 3.99. The second-order valence-corrected chi connectivity index (χ2v) is 4.36. The Morgan fingerprint density at radius 1 is 1.44 bits per heavy atom. The first-order chi connectivity index (χ1) is 8.72. The number of benzene rings is 1. The Labute approximate surface area is 106 Å². The number of para-hydroxylation sites is 1. The molecule has 0 aliphatic rings. The number of aromatic nitrogens is 1. The van der Waals surface area contributed by atoms with Crippen LogP contribution in [0.2, 0.25) is 0 Å². The summed E-state index contributed by atoms with van der Waals surface area (Å²) >= 11 is 0. The van der Waals surface area contributed by atoms with Gasteiger partial charge >= 0.3 is 5.97 Å². The van der Waals surface area contributed by atoms with Crippen LogP contribution in [0.3, 0.4) is 0 Å².